The molecular weight excluding hydrogens is 292 g/mol. The molecule has 0 heterocycles. The van der Waals surface area contributed by atoms with Crippen LogP contribution in [0, 0.1) is 22.5 Å². The molecule has 0 aliphatic carbocycles. The van der Waals surface area contributed by atoms with E-state index in [1.165, 1.54) is 12.1 Å². The van der Waals surface area contributed by atoms with Gasteiger partial charge in [-0.25, -0.2) is 0 Å². The minimum Gasteiger partial charge on any atom is -0.351 e. The van der Waals surface area contributed by atoms with Gasteiger partial charge in [0.1, 0.15) is 0 Å². The SMILES string of the molecule is CCC(CC)(CCl)CNC(=O)c1cccc([N+](=O)[O-])c1C. The molecule has 1 aromatic rings. The first kappa shape index (κ1) is 17.4. The summed E-state index contributed by atoms with van der Waals surface area (Å²) < 4.78 is 0. The van der Waals surface area contributed by atoms with Gasteiger partial charge in [0.2, 0.25) is 0 Å². The number of nitrogens with one attached hydrogen (secondary N) is 1. The minimum absolute atomic E-state index is 0.0442. The van der Waals surface area contributed by atoms with E-state index >= 15 is 0 Å². The number of nitro groups is 1. The van der Waals surface area contributed by atoms with E-state index in [1.807, 2.05) is 13.8 Å². The Morgan fingerprint density at radius 2 is 2.00 bits per heavy atom. The lowest BCUT2D eigenvalue weighted by atomic mass is 9.84. The number of nitro benzene ring substituents is 1. The molecule has 1 rings (SSSR count). The smallest absolute Gasteiger partial charge is 0.273 e. The van der Waals surface area contributed by atoms with E-state index in [9.17, 15) is 14.9 Å². The van der Waals surface area contributed by atoms with Crippen LogP contribution in [0.3, 0.4) is 0 Å². The van der Waals surface area contributed by atoms with Crippen molar-refractivity contribution in [2.75, 3.05) is 12.4 Å². The highest BCUT2D eigenvalue weighted by atomic mass is 35.5. The van der Waals surface area contributed by atoms with Gasteiger partial charge in [0.25, 0.3) is 11.6 Å². The minimum atomic E-state index is -0.479. The Balaban J connectivity index is 2.91. The zero-order chi connectivity index (χ0) is 16.0. The van der Waals surface area contributed by atoms with E-state index < -0.39 is 4.92 Å². The fourth-order valence-electron chi connectivity index (χ4n) is 2.17. The first-order valence-electron chi connectivity index (χ1n) is 6.99. The van der Waals surface area contributed by atoms with Crippen molar-refractivity contribution in [3.63, 3.8) is 0 Å². The van der Waals surface area contributed by atoms with Crippen LogP contribution in [0.2, 0.25) is 0 Å². The number of benzene rings is 1. The maximum absolute atomic E-state index is 12.3. The van der Waals surface area contributed by atoms with Gasteiger partial charge in [-0.3, -0.25) is 14.9 Å². The number of alkyl halides is 1. The van der Waals surface area contributed by atoms with Crippen molar-refractivity contribution >= 4 is 23.2 Å². The molecule has 0 saturated carbocycles. The van der Waals surface area contributed by atoms with Crippen LogP contribution in [0.1, 0.15) is 42.6 Å². The van der Waals surface area contributed by atoms with E-state index in [1.54, 1.807) is 13.0 Å². The van der Waals surface area contributed by atoms with Crippen molar-refractivity contribution in [3.05, 3.63) is 39.4 Å². The molecule has 0 aliphatic rings. The number of nitrogens with zero attached hydrogens (tertiary/aromatic N) is 1. The second-order valence-electron chi connectivity index (χ2n) is 5.23. The third-order valence-electron chi connectivity index (χ3n) is 4.15. The van der Waals surface area contributed by atoms with E-state index in [2.05, 4.69) is 5.32 Å². The lowest BCUT2D eigenvalue weighted by Crippen LogP contribution is -2.38. The number of rotatable bonds is 7. The number of hydrogen-bond acceptors (Lipinski definition) is 3. The van der Waals surface area contributed by atoms with E-state index in [0.717, 1.165) is 12.8 Å². The normalized spacial score (nSPS) is 11.2. The van der Waals surface area contributed by atoms with Crippen LogP contribution >= 0.6 is 11.6 Å². The molecule has 116 valence electrons. The summed E-state index contributed by atoms with van der Waals surface area (Å²) >= 11 is 6.01. The van der Waals surface area contributed by atoms with Crippen molar-refractivity contribution in [2.24, 2.45) is 5.41 Å². The Morgan fingerprint density at radius 3 is 2.48 bits per heavy atom. The van der Waals surface area contributed by atoms with Crippen LogP contribution in [-0.4, -0.2) is 23.3 Å². The lowest BCUT2D eigenvalue weighted by Gasteiger charge is -2.29. The predicted molar refractivity (Wildman–Crippen MR) is 83.9 cm³/mol. The maximum Gasteiger partial charge on any atom is 0.273 e. The van der Waals surface area contributed by atoms with Gasteiger partial charge in [0, 0.05) is 35.0 Å². The third kappa shape index (κ3) is 3.94. The zero-order valence-electron chi connectivity index (χ0n) is 12.6. The highest BCUT2D eigenvalue weighted by molar-refractivity contribution is 6.18. The van der Waals surface area contributed by atoms with Gasteiger partial charge in [0.05, 0.1) is 4.92 Å². The highest BCUT2D eigenvalue weighted by Crippen LogP contribution is 2.27. The van der Waals surface area contributed by atoms with Gasteiger partial charge in [0.15, 0.2) is 0 Å². The van der Waals surface area contributed by atoms with Crippen molar-refractivity contribution in [1.29, 1.82) is 0 Å². The van der Waals surface area contributed by atoms with Crippen molar-refractivity contribution in [2.45, 2.75) is 33.6 Å². The molecule has 21 heavy (non-hydrogen) atoms. The summed E-state index contributed by atoms with van der Waals surface area (Å²) in [6.45, 7) is 6.12. The fourth-order valence-corrected chi connectivity index (χ4v) is 2.64. The Labute approximate surface area is 129 Å². The molecule has 1 N–H and O–H groups in total. The first-order valence-corrected chi connectivity index (χ1v) is 7.52. The monoisotopic (exact) mass is 312 g/mol. The molecule has 0 spiro atoms. The molecule has 0 radical (unpaired) electrons. The Morgan fingerprint density at radius 1 is 1.38 bits per heavy atom. The second-order valence-corrected chi connectivity index (χ2v) is 5.50. The molecule has 0 atom stereocenters. The molecule has 6 heteroatoms. The summed E-state index contributed by atoms with van der Waals surface area (Å²) in [6.07, 6.45) is 1.72. The molecule has 0 unspecified atom stereocenters. The Bertz CT molecular complexity index is 519. The summed E-state index contributed by atoms with van der Waals surface area (Å²) in [6, 6.07) is 4.51. The summed E-state index contributed by atoms with van der Waals surface area (Å²) in [7, 11) is 0. The van der Waals surface area contributed by atoms with Crippen LogP contribution in [0.25, 0.3) is 0 Å². The van der Waals surface area contributed by atoms with Crippen molar-refractivity contribution in [3.8, 4) is 0 Å². The maximum atomic E-state index is 12.3. The largest absolute Gasteiger partial charge is 0.351 e. The molecule has 0 saturated heterocycles. The van der Waals surface area contributed by atoms with Crippen LogP contribution in [-0.2, 0) is 0 Å². The van der Waals surface area contributed by atoms with Crippen molar-refractivity contribution in [1.82, 2.24) is 5.32 Å². The molecule has 1 aromatic carbocycles. The van der Waals surface area contributed by atoms with E-state index in [4.69, 9.17) is 11.6 Å². The molecule has 1 amide bonds. The molecule has 5 nitrogen and oxygen atoms in total. The van der Waals surface area contributed by atoms with E-state index in [0.29, 0.717) is 23.6 Å². The van der Waals surface area contributed by atoms with Gasteiger partial charge in [-0.2, -0.15) is 0 Å². The van der Waals surface area contributed by atoms with Crippen LogP contribution in [0.4, 0.5) is 5.69 Å². The topological polar surface area (TPSA) is 72.2 Å². The van der Waals surface area contributed by atoms with Gasteiger partial charge in [-0.1, -0.05) is 19.9 Å². The lowest BCUT2D eigenvalue weighted by molar-refractivity contribution is -0.385. The predicted octanol–water partition coefficient (Wildman–Crippen LogP) is 3.68. The number of carbonyl (C=O) groups excluding carboxylic acids is 1. The zero-order valence-corrected chi connectivity index (χ0v) is 13.4. The van der Waals surface area contributed by atoms with Gasteiger partial charge < -0.3 is 5.32 Å². The second kappa shape index (κ2) is 7.41. The summed E-state index contributed by atoms with van der Waals surface area (Å²) in [5.41, 5.74) is 0.535. The first-order chi connectivity index (χ1) is 9.90. The van der Waals surface area contributed by atoms with Crippen LogP contribution < -0.4 is 5.32 Å². The molecule has 0 aromatic heterocycles. The van der Waals surface area contributed by atoms with Gasteiger partial charge >= 0.3 is 0 Å². The number of carbonyl (C=O) groups is 1. The van der Waals surface area contributed by atoms with Gasteiger partial charge in [-0.05, 0) is 25.8 Å². The van der Waals surface area contributed by atoms with Crippen molar-refractivity contribution < 1.29 is 9.72 Å². The molecular formula is C15H21ClN2O3. The number of amides is 1. The average molecular weight is 313 g/mol. The fraction of sp³-hybridized carbons (Fsp3) is 0.533. The summed E-state index contributed by atoms with van der Waals surface area (Å²) in [5.74, 6) is 0.168. The number of hydrogen-bond donors (Lipinski definition) is 1. The quantitative estimate of drug-likeness (QED) is 0.474. The Hall–Kier alpha value is -1.62. The highest BCUT2D eigenvalue weighted by Gasteiger charge is 2.26. The third-order valence-corrected chi connectivity index (χ3v) is 4.72. The average Bonchev–Trinajstić information content (AvgIpc) is 2.49. The Kier molecular flexibility index (Phi) is 6.15. The van der Waals surface area contributed by atoms with Crippen LogP contribution in [0.15, 0.2) is 18.2 Å². The van der Waals surface area contributed by atoms with Gasteiger partial charge in [-0.15, -0.1) is 11.6 Å². The van der Waals surface area contributed by atoms with Crippen LogP contribution in [0.5, 0.6) is 0 Å². The molecule has 0 fully saturated rings. The van der Waals surface area contributed by atoms with E-state index in [-0.39, 0.29) is 17.0 Å². The number of halogens is 1. The standard InChI is InChI=1S/C15H21ClN2O3/c1-4-15(5-2,9-16)10-17-14(19)12-7-6-8-13(11(12)3)18(20)21/h6-8H,4-5,9-10H2,1-3H3,(H,17,19). The summed E-state index contributed by atoms with van der Waals surface area (Å²) in [5, 5.41) is 13.8. The molecule has 0 aliphatic heterocycles. The summed E-state index contributed by atoms with van der Waals surface area (Å²) in [4.78, 5) is 22.7. The molecule has 0 bridgehead atoms.